The molecule has 1 fully saturated rings. The van der Waals surface area contributed by atoms with Gasteiger partial charge >= 0.3 is 0 Å². The molecule has 2 heterocycles. The van der Waals surface area contributed by atoms with Crippen molar-refractivity contribution in [1.29, 1.82) is 0 Å². The van der Waals surface area contributed by atoms with E-state index in [0.29, 0.717) is 24.8 Å². The van der Waals surface area contributed by atoms with Crippen LogP contribution in [0.25, 0.3) is 0 Å². The topological polar surface area (TPSA) is 67.4 Å². The molecule has 3 aromatic rings. The highest BCUT2D eigenvalue weighted by molar-refractivity contribution is 5.93. The Morgan fingerprint density at radius 2 is 1.75 bits per heavy atom. The SMILES string of the molecule is O=C(Nc1ccc(N(Cc2ccccc2)c2ccccc2)nn1)C1CCCO1. The van der Waals surface area contributed by atoms with Crippen molar-refractivity contribution in [2.24, 2.45) is 0 Å². The van der Waals surface area contributed by atoms with Gasteiger partial charge in [-0.05, 0) is 42.7 Å². The van der Waals surface area contributed by atoms with Gasteiger partial charge in [-0.1, -0.05) is 48.5 Å². The van der Waals surface area contributed by atoms with Crippen molar-refractivity contribution in [3.8, 4) is 0 Å². The van der Waals surface area contributed by atoms with Crippen molar-refractivity contribution in [3.05, 3.63) is 78.4 Å². The van der Waals surface area contributed by atoms with Crippen molar-refractivity contribution >= 4 is 23.2 Å². The van der Waals surface area contributed by atoms with Crippen molar-refractivity contribution < 1.29 is 9.53 Å². The third-order valence-electron chi connectivity index (χ3n) is 4.65. The van der Waals surface area contributed by atoms with Crippen LogP contribution in [0.5, 0.6) is 0 Å². The van der Waals surface area contributed by atoms with Gasteiger partial charge in [-0.15, -0.1) is 10.2 Å². The molecule has 2 aromatic carbocycles. The van der Waals surface area contributed by atoms with E-state index in [1.165, 1.54) is 5.56 Å². The first-order valence-electron chi connectivity index (χ1n) is 9.42. The molecule has 142 valence electrons. The molecule has 0 spiro atoms. The number of carbonyl (C=O) groups is 1. The van der Waals surface area contributed by atoms with Crippen molar-refractivity contribution in [3.63, 3.8) is 0 Å². The highest BCUT2D eigenvalue weighted by Crippen LogP contribution is 2.26. The Bertz CT molecular complexity index is 895. The summed E-state index contributed by atoms with van der Waals surface area (Å²) in [6, 6.07) is 23.9. The van der Waals surface area contributed by atoms with Gasteiger partial charge in [-0.3, -0.25) is 4.79 Å². The molecular weight excluding hydrogens is 352 g/mol. The molecule has 28 heavy (non-hydrogen) atoms. The molecule has 1 aromatic heterocycles. The maximum Gasteiger partial charge on any atom is 0.254 e. The number of para-hydroxylation sites is 1. The number of amides is 1. The molecule has 1 N–H and O–H groups in total. The van der Waals surface area contributed by atoms with Crippen molar-refractivity contribution in [2.75, 3.05) is 16.8 Å². The minimum atomic E-state index is -0.389. The van der Waals surface area contributed by atoms with E-state index in [-0.39, 0.29) is 12.0 Å². The summed E-state index contributed by atoms with van der Waals surface area (Å²) in [6.45, 7) is 1.30. The minimum absolute atomic E-state index is 0.163. The molecule has 0 radical (unpaired) electrons. The van der Waals surface area contributed by atoms with Gasteiger partial charge in [0.1, 0.15) is 6.10 Å². The Hall–Kier alpha value is -3.25. The van der Waals surface area contributed by atoms with Crippen LogP contribution in [0.1, 0.15) is 18.4 Å². The summed E-state index contributed by atoms with van der Waals surface area (Å²) < 4.78 is 5.40. The highest BCUT2D eigenvalue weighted by Gasteiger charge is 2.24. The summed E-state index contributed by atoms with van der Waals surface area (Å²) in [5.41, 5.74) is 2.20. The van der Waals surface area contributed by atoms with E-state index in [4.69, 9.17) is 4.74 Å². The number of benzene rings is 2. The lowest BCUT2D eigenvalue weighted by Gasteiger charge is -2.23. The first-order valence-corrected chi connectivity index (χ1v) is 9.42. The molecule has 0 bridgehead atoms. The predicted molar refractivity (Wildman–Crippen MR) is 108 cm³/mol. The Labute approximate surface area is 164 Å². The van der Waals surface area contributed by atoms with E-state index in [0.717, 1.165) is 18.5 Å². The standard InChI is InChI=1S/C22H22N4O2/c27-22(19-12-7-15-28-19)23-20-13-14-21(25-24-20)26(18-10-5-2-6-11-18)16-17-8-3-1-4-9-17/h1-6,8-11,13-14,19H,7,12,15-16H2,(H,23,24,27). The van der Waals surface area contributed by atoms with E-state index >= 15 is 0 Å². The lowest BCUT2D eigenvalue weighted by molar-refractivity contribution is -0.124. The molecule has 1 amide bonds. The summed E-state index contributed by atoms with van der Waals surface area (Å²) in [5.74, 6) is 0.978. The molecule has 1 aliphatic rings. The number of nitrogens with zero attached hydrogens (tertiary/aromatic N) is 3. The van der Waals surface area contributed by atoms with Crippen molar-refractivity contribution in [1.82, 2.24) is 10.2 Å². The average molecular weight is 374 g/mol. The fourth-order valence-corrected chi connectivity index (χ4v) is 3.21. The zero-order valence-electron chi connectivity index (χ0n) is 15.5. The third kappa shape index (κ3) is 4.35. The van der Waals surface area contributed by atoms with E-state index in [1.54, 1.807) is 6.07 Å². The van der Waals surface area contributed by atoms with Gasteiger partial charge in [0.25, 0.3) is 5.91 Å². The highest BCUT2D eigenvalue weighted by atomic mass is 16.5. The average Bonchev–Trinajstić information content (AvgIpc) is 3.29. The van der Waals surface area contributed by atoms with Crippen LogP contribution >= 0.6 is 0 Å². The largest absolute Gasteiger partial charge is 0.368 e. The summed E-state index contributed by atoms with van der Waals surface area (Å²) in [4.78, 5) is 14.3. The number of anilines is 3. The molecule has 6 nitrogen and oxygen atoms in total. The molecule has 0 aliphatic carbocycles. The van der Waals surface area contributed by atoms with Crippen molar-refractivity contribution in [2.45, 2.75) is 25.5 Å². The second kappa shape index (κ2) is 8.63. The lowest BCUT2D eigenvalue weighted by Crippen LogP contribution is -2.27. The van der Waals surface area contributed by atoms with Gasteiger partial charge in [0.2, 0.25) is 0 Å². The Kier molecular flexibility index (Phi) is 5.58. The van der Waals surface area contributed by atoms with Gasteiger partial charge in [0, 0.05) is 18.8 Å². The van der Waals surface area contributed by atoms with Gasteiger partial charge in [-0.25, -0.2) is 0 Å². The molecule has 1 unspecified atom stereocenters. The van der Waals surface area contributed by atoms with Crippen LogP contribution < -0.4 is 10.2 Å². The second-order valence-corrected chi connectivity index (χ2v) is 6.67. The zero-order valence-corrected chi connectivity index (χ0v) is 15.5. The molecule has 1 atom stereocenters. The number of aromatic nitrogens is 2. The lowest BCUT2D eigenvalue weighted by atomic mass is 10.2. The van der Waals surface area contributed by atoms with E-state index in [1.807, 2.05) is 54.6 Å². The Balaban J connectivity index is 1.53. The minimum Gasteiger partial charge on any atom is -0.368 e. The molecule has 6 heteroatoms. The summed E-state index contributed by atoms with van der Waals surface area (Å²) in [6.07, 6.45) is 1.27. The van der Waals surface area contributed by atoms with Gasteiger partial charge in [0.15, 0.2) is 11.6 Å². The monoisotopic (exact) mass is 374 g/mol. The Morgan fingerprint density at radius 3 is 2.39 bits per heavy atom. The summed E-state index contributed by atoms with van der Waals surface area (Å²) in [7, 11) is 0. The van der Waals surface area contributed by atoms with Crippen LogP contribution in [-0.2, 0) is 16.1 Å². The Morgan fingerprint density at radius 1 is 1.00 bits per heavy atom. The molecule has 1 saturated heterocycles. The fourth-order valence-electron chi connectivity index (χ4n) is 3.21. The van der Waals surface area contributed by atoms with Crippen LogP contribution in [-0.4, -0.2) is 28.8 Å². The van der Waals surface area contributed by atoms with E-state index in [9.17, 15) is 4.79 Å². The second-order valence-electron chi connectivity index (χ2n) is 6.67. The zero-order chi connectivity index (χ0) is 19.2. The number of nitrogens with one attached hydrogen (secondary N) is 1. The van der Waals surface area contributed by atoms with Gasteiger partial charge < -0.3 is 15.0 Å². The summed E-state index contributed by atoms with van der Waals surface area (Å²) >= 11 is 0. The van der Waals surface area contributed by atoms with Gasteiger partial charge in [-0.2, -0.15) is 0 Å². The number of rotatable bonds is 6. The number of hydrogen-bond donors (Lipinski definition) is 1. The van der Waals surface area contributed by atoms with Crippen LogP contribution in [0.4, 0.5) is 17.3 Å². The first kappa shape index (κ1) is 18.1. The van der Waals surface area contributed by atoms with Crippen LogP contribution in [0.2, 0.25) is 0 Å². The third-order valence-corrected chi connectivity index (χ3v) is 4.65. The predicted octanol–water partition coefficient (Wildman–Crippen LogP) is 3.93. The van der Waals surface area contributed by atoms with Gasteiger partial charge in [0.05, 0.1) is 0 Å². The molecule has 4 rings (SSSR count). The quantitative estimate of drug-likeness (QED) is 0.708. The molecule has 0 saturated carbocycles. The van der Waals surface area contributed by atoms with Crippen LogP contribution in [0, 0.1) is 0 Å². The molecular formula is C22H22N4O2. The fraction of sp³-hybridized carbons (Fsp3) is 0.227. The van der Waals surface area contributed by atoms with E-state index < -0.39 is 0 Å². The molecule has 1 aliphatic heterocycles. The smallest absolute Gasteiger partial charge is 0.254 e. The number of carbonyl (C=O) groups excluding carboxylic acids is 1. The van der Waals surface area contributed by atoms with Crippen LogP contribution in [0.15, 0.2) is 72.8 Å². The maximum absolute atomic E-state index is 12.2. The maximum atomic E-state index is 12.2. The number of ether oxygens (including phenoxy) is 1. The normalized spacial score (nSPS) is 15.9. The van der Waals surface area contributed by atoms with E-state index in [2.05, 4.69) is 32.5 Å². The number of hydrogen-bond acceptors (Lipinski definition) is 5. The first-order chi connectivity index (χ1) is 13.8. The van der Waals surface area contributed by atoms with Crippen LogP contribution in [0.3, 0.4) is 0 Å². The summed E-state index contributed by atoms with van der Waals surface area (Å²) in [5, 5.41) is 11.3.